The van der Waals surface area contributed by atoms with E-state index in [1.165, 1.54) is 11.5 Å². The van der Waals surface area contributed by atoms with E-state index in [4.69, 9.17) is 0 Å². The van der Waals surface area contributed by atoms with Crippen LogP contribution < -0.4 is 10.2 Å². The molecule has 3 rings (SSSR count). The maximum absolute atomic E-state index is 12.2. The van der Waals surface area contributed by atoms with Crippen LogP contribution in [0, 0.1) is 6.92 Å². The number of aryl methyl sites for hydroxylation is 1. The lowest BCUT2D eigenvalue weighted by Crippen LogP contribution is -2.47. The van der Waals surface area contributed by atoms with Crippen molar-refractivity contribution in [2.75, 3.05) is 18.0 Å². The van der Waals surface area contributed by atoms with Gasteiger partial charge in [0.25, 0.3) is 5.91 Å². The van der Waals surface area contributed by atoms with E-state index in [1.807, 2.05) is 6.92 Å². The highest BCUT2D eigenvalue weighted by Gasteiger charge is 2.23. The first-order valence-electron chi connectivity index (χ1n) is 6.98. The predicted octanol–water partition coefficient (Wildman–Crippen LogP) is 1.64. The molecule has 0 saturated carbocycles. The largest absolute Gasteiger partial charge is 0.347 e. The van der Waals surface area contributed by atoms with E-state index in [0.29, 0.717) is 5.56 Å². The van der Waals surface area contributed by atoms with Crippen molar-refractivity contribution in [2.45, 2.75) is 25.8 Å². The summed E-state index contributed by atoms with van der Waals surface area (Å²) < 4.78 is 4.22. The molecule has 110 valence electrons. The van der Waals surface area contributed by atoms with Gasteiger partial charge in [0.05, 0.1) is 5.56 Å². The summed E-state index contributed by atoms with van der Waals surface area (Å²) in [6.45, 7) is 3.64. The minimum absolute atomic E-state index is 0.0663. The number of aromatic nitrogens is 3. The summed E-state index contributed by atoms with van der Waals surface area (Å²) in [5.41, 5.74) is 0.599. The van der Waals surface area contributed by atoms with Crippen molar-refractivity contribution >= 4 is 22.6 Å². The van der Waals surface area contributed by atoms with Gasteiger partial charge in [-0.3, -0.25) is 9.78 Å². The van der Waals surface area contributed by atoms with Crippen molar-refractivity contribution in [3.05, 3.63) is 35.9 Å². The number of pyridine rings is 1. The molecule has 1 atom stereocenters. The first kappa shape index (κ1) is 13.9. The first-order valence-corrected chi connectivity index (χ1v) is 7.76. The number of rotatable bonds is 3. The Labute approximate surface area is 127 Å². The van der Waals surface area contributed by atoms with Crippen molar-refractivity contribution < 1.29 is 4.79 Å². The SMILES string of the molecule is Cc1nsc(N2CCCC(NC(=O)c3cccnc3)C2)n1. The molecule has 1 aliphatic rings. The number of hydrogen-bond acceptors (Lipinski definition) is 6. The molecule has 1 saturated heterocycles. The molecule has 1 aliphatic heterocycles. The van der Waals surface area contributed by atoms with Crippen LogP contribution in [0.1, 0.15) is 29.0 Å². The van der Waals surface area contributed by atoms with Crippen molar-refractivity contribution in [1.82, 2.24) is 19.7 Å². The highest BCUT2D eigenvalue weighted by Crippen LogP contribution is 2.21. The summed E-state index contributed by atoms with van der Waals surface area (Å²) in [6.07, 6.45) is 5.28. The maximum Gasteiger partial charge on any atom is 0.253 e. The Kier molecular flexibility index (Phi) is 4.10. The topological polar surface area (TPSA) is 71.0 Å². The van der Waals surface area contributed by atoms with Crippen LogP contribution in [-0.2, 0) is 0 Å². The Morgan fingerprint density at radius 1 is 1.52 bits per heavy atom. The standard InChI is InChI=1S/C14H17N5OS/c1-10-16-14(21-18-10)19-7-3-5-12(9-19)17-13(20)11-4-2-6-15-8-11/h2,4,6,8,12H,3,5,7,9H2,1H3,(H,17,20). The molecule has 21 heavy (non-hydrogen) atoms. The third-order valence-electron chi connectivity index (χ3n) is 3.47. The smallest absolute Gasteiger partial charge is 0.253 e. The van der Waals surface area contributed by atoms with Gasteiger partial charge in [-0.1, -0.05) is 0 Å². The molecule has 0 bridgehead atoms. The van der Waals surface area contributed by atoms with Gasteiger partial charge in [-0.25, -0.2) is 4.98 Å². The minimum Gasteiger partial charge on any atom is -0.347 e. The summed E-state index contributed by atoms with van der Waals surface area (Å²) in [5, 5.41) is 4.02. The third kappa shape index (κ3) is 3.36. The normalized spacial score (nSPS) is 18.5. The van der Waals surface area contributed by atoms with Crippen molar-refractivity contribution in [3.8, 4) is 0 Å². The second kappa shape index (κ2) is 6.17. The van der Waals surface area contributed by atoms with Gasteiger partial charge in [-0.05, 0) is 31.9 Å². The average molecular weight is 303 g/mol. The highest BCUT2D eigenvalue weighted by molar-refractivity contribution is 7.09. The number of carbonyl (C=O) groups is 1. The van der Waals surface area contributed by atoms with Crippen LogP contribution >= 0.6 is 11.5 Å². The number of anilines is 1. The van der Waals surface area contributed by atoms with E-state index in [2.05, 4.69) is 24.6 Å². The van der Waals surface area contributed by atoms with Gasteiger partial charge in [0.15, 0.2) is 0 Å². The van der Waals surface area contributed by atoms with Gasteiger partial charge in [0, 0.05) is 43.1 Å². The third-order valence-corrected chi connectivity index (χ3v) is 4.34. The van der Waals surface area contributed by atoms with Crippen molar-refractivity contribution in [3.63, 3.8) is 0 Å². The zero-order chi connectivity index (χ0) is 14.7. The fraction of sp³-hybridized carbons (Fsp3) is 0.429. The van der Waals surface area contributed by atoms with Crippen LogP contribution in [0.4, 0.5) is 5.13 Å². The summed E-state index contributed by atoms with van der Waals surface area (Å²) >= 11 is 1.42. The number of carbonyl (C=O) groups excluding carboxylic acids is 1. The van der Waals surface area contributed by atoms with Crippen LogP contribution in [0.5, 0.6) is 0 Å². The molecule has 0 aliphatic carbocycles. The van der Waals surface area contributed by atoms with Gasteiger partial charge in [-0.15, -0.1) is 0 Å². The molecule has 6 nitrogen and oxygen atoms in total. The molecule has 0 spiro atoms. The minimum atomic E-state index is -0.0663. The number of amides is 1. The van der Waals surface area contributed by atoms with Gasteiger partial charge >= 0.3 is 0 Å². The Hall–Kier alpha value is -2.02. The molecular weight excluding hydrogens is 286 g/mol. The van der Waals surface area contributed by atoms with Crippen molar-refractivity contribution in [2.24, 2.45) is 0 Å². The quantitative estimate of drug-likeness (QED) is 0.933. The number of nitrogens with zero attached hydrogens (tertiary/aromatic N) is 4. The fourth-order valence-electron chi connectivity index (χ4n) is 2.45. The van der Waals surface area contributed by atoms with Gasteiger partial charge in [0.1, 0.15) is 5.82 Å². The molecule has 0 aromatic carbocycles. The van der Waals surface area contributed by atoms with Crippen LogP contribution in [0.15, 0.2) is 24.5 Å². The molecule has 1 N–H and O–H groups in total. The zero-order valence-electron chi connectivity index (χ0n) is 11.8. The molecular formula is C14H17N5OS. The summed E-state index contributed by atoms with van der Waals surface area (Å²) in [7, 11) is 0. The second-order valence-corrected chi connectivity index (χ2v) is 5.85. The Morgan fingerprint density at radius 2 is 2.43 bits per heavy atom. The summed E-state index contributed by atoms with van der Waals surface area (Å²) in [4.78, 5) is 22.8. The molecule has 2 aromatic rings. The molecule has 7 heteroatoms. The van der Waals surface area contributed by atoms with Crippen LogP contribution in [0.3, 0.4) is 0 Å². The predicted molar refractivity (Wildman–Crippen MR) is 81.6 cm³/mol. The Bertz CT molecular complexity index is 615. The Morgan fingerprint density at radius 3 is 3.14 bits per heavy atom. The van der Waals surface area contributed by atoms with E-state index >= 15 is 0 Å². The second-order valence-electron chi connectivity index (χ2n) is 5.12. The fourth-order valence-corrected chi connectivity index (χ4v) is 3.16. The van der Waals surface area contributed by atoms with Crippen LogP contribution in [0.25, 0.3) is 0 Å². The molecule has 3 heterocycles. The van der Waals surface area contributed by atoms with E-state index in [0.717, 1.165) is 36.9 Å². The molecule has 1 unspecified atom stereocenters. The molecule has 1 fully saturated rings. The highest BCUT2D eigenvalue weighted by atomic mass is 32.1. The average Bonchev–Trinajstić information content (AvgIpc) is 2.95. The number of piperidine rings is 1. The van der Waals surface area contributed by atoms with Crippen LogP contribution in [-0.4, -0.2) is 39.4 Å². The van der Waals surface area contributed by atoms with E-state index < -0.39 is 0 Å². The monoisotopic (exact) mass is 303 g/mol. The summed E-state index contributed by atoms with van der Waals surface area (Å²) in [5.74, 6) is 0.736. The zero-order valence-corrected chi connectivity index (χ0v) is 12.6. The lowest BCUT2D eigenvalue weighted by molar-refractivity contribution is 0.0933. The Balaban J connectivity index is 1.63. The lowest BCUT2D eigenvalue weighted by Gasteiger charge is -2.32. The molecule has 2 aromatic heterocycles. The van der Waals surface area contributed by atoms with Crippen LogP contribution in [0.2, 0.25) is 0 Å². The summed E-state index contributed by atoms with van der Waals surface area (Å²) in [6, 6.07) is 3.68. The van der Waals surface area contributed by atoms with E-state index in [-0.39, 0.29) is 11.9 Å². The van der Waals surface area contributed by atoms with Gasteiger partial charge in [0.2, 0.25) is 5.13 Å². The lowest BCUT2D eigenvalue weighted by atomic mass is 10.1. The molecule has 1 amide bonds. The van der Waals surface area contributed by atoms with Gasteiger partial charge < -0.3 is 10.2 Å². The van der Waals surface area contributed by atoms with Crippen molar-refractivity contribution in [1.29, 1.82) is 0 Å². The number of nitrogens with one attached hydrogen (secondary N) is 1. The van der Waals surface area contributed by atoms with E-state index in [9.17, 15) is 4.79 Å². The van der Waals surface area contributed by atoms with E-state index in [1.54, 1.807) is 24.5 Å². The number of hydrogen-bond donors (Lipinski definition) is 1. The maximum atomic E-state index is 12.2. The first-order chi connectivity index (χ1) is 10.2. The molecule has 0 radical (unpaired) electrons. The van der Waals surface area contributed by atoms with Gasteiger partial charge in [-0.2, -0.15) is 4.37 Å².